The number of halogens is 1. The largest absolute Gasteiger partial charge is 0.493 e. The molecule has 0 aliphatic heterocycles. The monoisotopic (exact) mass is 568 g/mol. The van der Waals surface area contributed by atoms with Crippen LogP contribution in [0.2, 0.25) is 0 Å². The zero-order valence-corrected chi connectivity index (χ0v) is 19.8. The number of nitrogens with one attached hydrogen (secondary N) is 1. The molecule has 0 saturated heterocycles. The van der Waals surface area contributed by atoms with E-state index in [4.69, 9.17) is 8.92 Å². The van der Waals surface area contributed by atoms with Crippen LogP contribution in [0.5, 0.6) is 11.5 Å². The molecule has 0 aliphatic rings. The van der Waals surface area contributed by atoms with Crippen LogP contribution in [0.25, 0.3) is 0 Å². The Morgan fingerprint density at radius 2 is 1.91 bits per heavy atom. The molecule has 1 heterocycles. The fourth-order valence-corrected chi connectivity index (χ4v) is 4.33. The lowest BCUT2D eigenvalue weighted by Gasteiger charge is -2.13. The predicted octanol–water partition coefficient (Wildman–Crippen LogP) is 4.13. The molecular weight excluding hydrogens is 551 g/mol. The fourth-order valence-electron chi connectivity index (χ4n) is 2.49. The second-order valence-corrected chi connectivity index (χ2v) is 9.12. The van der Waals surface area contributed by atoms with Crippen LogP contribution in [0, 0.1) is 20.6 Å². The summed E-state index contributed by atoms with van der Waals surface area (Å²) in [5.74, 6) is 0.593. The first-order valence-corrected chi connectivity index (χ1v) is 11.5. The molecule has 0 amide bonds. The van der Waals surface area contributed by atoms with Gasteiger partial charge in [-0.15, -0.1) is 0 Å². The van der Waals surface area contributed by atoms with Gasteiger partial charge in [-0.05, 0) is 65.4 Å². The van der Waals surface area contributed by atoms with Crippen LogP contribution in [0.15, 0.2) is 64.7 Å². The summed E-state index contributed by atoms with van der Waals surface area (Å²) in [5.41, 5.74) is 4.06. The number of ether oxygens (including phenoxy) is 1. The molecule has 0 aliphatic carbocycles. The van der Waals surface area contributed by atoms with Crippen LogP contribution >= 0.6 is 22.6 Å². The lowest BCUT2D eigenvalue weighted by molar-refractivity contribution is -0.385. The van der Waals surface area contributed by atoms with Crippen molar-refractivity contribution >= 4 is 50.4 Å². The predicted molar refractivity (Wildman–Crippen MR) is 127 cm³/mol. The van der Waals surface area contributed by atoms with Crippen molar-refractivity contribution in [2.45, 2.75) is 11.8 Å². The molecule has 0 atom stereocenters. The van der Waals surface area contributed by atoms with Gasteiger partial charge in [-0.2, -0.15) is 13.5 Å². The molecule has 2 aromatic carbocycles. The summed E-state index contributed by atoms with van der Waals surface area (Å²) < 4.78 is 36.5. The average Bonchev–Trinajstić information content (AvgIpc) is 2.76. The first-order valence-electron chi connectivity index (χ1n) is 8.98. The number of hydrogen-bond acceptors (Lipinski definition) is 9. The molecule has 0 spiro atoms. The number of aryl methyl sites for hydroxylation is 1. The van der Waals surface area contributed by atoms with Gasteiger partial charge >= 0.3 is 10.1 Å². The number of nitro groups is 1. The topological polar surface area (TPSA) is 133 Å². The van der Waals surface area contributed by atoms with E-state index in [1.807, 2.05) is 29.5 Å². The highest BCUT2D eigenvalue weighted by molar-refractivity contribution is 14.1. The lowest BCUT2D eigenvalue weighted by Crippen LogP contribution is -2.11. The van der Waals surface area contributed by atoms with Crippen molar-refractivity contribution in [1.29, 1.82) is 0 Å². The Morgan fingerprint density at radius 1 is 1.19 bits per heavy atom. The maximum absolute atomic E-state index is 12.6. The molecule has 3 aromatic rings. The minimum atomic E-state index is -4.05. The fraction of sp³-hybridized carbons (Fsp3) is 0.100. The van der Waals surface area contributed by atoms with Crippen molar-refractivity contribution in [2.75, 3.05) is 12.5 Å². The normalized spacial score (nSPS) is 11.3. The quantitative estimate of drug-likeness (QED) is 0.141. The van der Waals surface area contributed by atoms with E-state index in [0.29, 0.717) is 15.0 Å². The van der Waals surface area contributed by atoms with Crippen molar-refractivity contribution in [1.82, 2.24) is 4.98 Å². The van der Waals surface area contributed by atoms with Crippen LogP contribution in [0.3, 0.4) is 0 Å². The number of anilines is 1. The van der Waals surface area contributed by atoms with E-state index >= 15 is 0 Å². The van der Waals surface area contributed by atoms with E-state index < -0.39 is 15.0 Å². The van der Waals surface area contributed by atoms with Crippen molar-refractivity contribution < 1.29 is 22.3 Å². The summed E-state index contributed by atoms with van der Waals surface area (Å²) in [5, 5.41) is 14.7. The summed E-state index contributed by atoms with van der Waals surface area (Å²) in [6.45, 7) is 1.86. The van der Waals surface area contributed by atoms with Gasteiger partial charge in [-0.25, -0.2) is 4.98 Å². The van der Waals surface area contributed by atoms with Gasteiger partial charge in [0.2, 0.25) is 0 Å². The summed E-state index contributed by atoms with van der Waals surface area (Å²) in [6.07, 6.45) is 2.58. The van der Waals surface area contributed by atoms with Gasteiger partial charge in [0.05, 0.1) is 21.8 Å². The van der Waals surface area contributed by atoms with Crippen LogP contribution < -0.4 is 14.3 Å². The smallest absolute Gasteiger partial charge is 0.339 e. The van der Waals surface area contributed by atoms with Gasteiger partial charge in [0.15, 0.2) is 11.5 Å². The molecule has 0 unspecified atom stereocenters. The highest BCUT2D eigenvalue weighted by Crippen LogP contribution is 2.35. The molecule has 32 heavy (non-hydrogen) atoms. The standard InChI is InChI=1S/C20H17IN4O6S/c1-13-3-6-16(7-4-13)32(28,29)31-20-17(21)9-14(10-18(20)30-2)11-23-24-19-8-5-15(12-22-19)25(26)27/h3-12H,1-2H3,(H,22,24)/b23-11-. The van der Waals surface area contributed by atoms with Crippen LogP contribution in [-0.4, -0.2) is 31.6 Å². The van der Waals surface area contributed by atoms with E-state index in [0.717, 1.165) is 11.8 Å². The molecule has 0 saturated carbocycles. The van der Waals surface area contributed by atoms with Gasteiger partial charge in [-0.1, -0.05) is 17.7 Å². The first kappa shape index (κ1) is 23.4. The maximum Gasteiger partial charge on any atom is 0.339 e. The Hall–Kier alpha value is -3.26. The minimum Gasteiger partial charge on any atom is -0.493 e. The Bertz CT molecular complexity index is 1260. The average molecular weight is 568 g/mol. The summed E-state index contributed by atoms with van der Waals surface area (Å²) in [7, 11) is -2.65. The summed E-state index contributed by atoms with van der Waals surface area (Å²) >= 11 is 1.94. The number of hydrogen-bond donors (Lipinski definition) is 1. The second kappa shape index (κ2) is 9.91. The number of pyridine rings is 1. The van der Waals surface area contributed by atoms with E-state index in [1.165, 1.54) is 37.6 Å². The first-order chi connectivity index (χ1) is 15.2. The SMILES string of the molecule is COc1cc(/C=N\Nc2ccc([N+](=O)[O-])cn2)cc(I)c1OS(=O)(=O)c1ccc(C)cc1. The van der Waals surface area contributed by atoms with Crippen molar-refractivity contribution in [2.24, 2.45) is 5.10 Å². The van der Waals surface area contributed by atoms with Crippen molar-refractivity contribution in [3.05, 3.63) is 79.5 Å². The molecule has 1 aromatic heterocycles. The second-order valence-electron chi connectivity index (χ2n) is 6.41. The lowest BCUT2D eigenvalue weighted by atomic mass is 10.2. The number of hydrazone groups is 1. The number of benzene rings is 2. The van der Waals surface area contributed by atoms with Gasteiger partial charge < -0.3 is 8.92 Å². The molecule has 0 fully saturated rings. The molecule has 166 valence electrons. The molecular formula is C20H17IN4O6S. The number of nitrogens with zero attached hydrogens (tertiary/aromatic N) is 3. The van der Waals surface area contributed by atoms with Crippen LogP contribution in [0.1, 0.15) is 11.1 Å². The van der Waals surface area contributed by atoms with Crippen molar-refractivity contribution in [3.8, 4) is 11.5 Å². The van der Waals surface area contributed by atoms with E-state index in [-0.39, 0.29) is 22.1 Å². The Morgan fingerprint density at radius 3 is 2.50 bits per heavy atom. The molecule has 3 rings (SSSR count). The zero-order valence-electron chi connectivity index (χ0n) is 16.9. The number of methoxy groups -OCH3 is 1. The minimum absolute atomic E-state index is 0.0337. The van der Waals surface area contributed by atoms with Crippen LogP contribution in [-0.2, 0) is 10.1 Å². The number of aromatic nitrogens is 1. The van der Waals surface area contributed by atoms with Gasteiger partial charge in [0, 0.05) is 6.07 Å². The number of rotatable bonds is 8. The maximum atomic E-state index is 12.6. The third kappa shape index (κ3) is 5.70. The van der Waals surface area contributed by atoms with E-state index in [1.54, 1.807) is 24.3 Å². The molecule has 10 nitrogen and oxygen atoms in total. The summed E-state index contributed by atoms with van der Waals surface area (Å²) in [4.78, 5) is 14.0. The van der Waals surface area contributed by atoms with Gasteiger partial charge in [-0.3, -0.25) is 15.5 Å². The van der Waals surface area contributed by atoms with E-state index in [2.05, 4.69) is 15.5 Å². The Labute approximate surface area is 197 Å². The van der Waals surface area contributed by atoms with Gasteiger partial charge in [0.25, 0.3) is 5.69 Å². The highest BCUT2D eigenvalue weighted by atomic mass is 127. The van der Waals surface area contributed by atoms with Crippen LogP contribution in [0.4, 0.5) is 11.5 Å². The van der Waals surface area contributed by atoms with Gasteiger partial charge in [0.1, 0.15) is 16.9 Å². The van der Waals surface area contributed by atoms with Crippen molar-refractivity contribution in [3.63, 3.8) is 0 Å². The molecule has 1 N–H and O–H groups in total. The molecule has 0 radical (unpaired) electrons. The summed E-state index contributed by atoms with van der Waals surface area (Å²) in [6, 6.07) is 12.3. The molecule has 12 heteroatoms. The zero-order chi connectivity index (χ0) is 23.3. The Kier molecular flexibility index (Phi) is 7.25. The third-order valence-corrected chi connectivity index (χ3v) is 6.14. The van der Waals surface area contributed by atoms with E-state index in [9.17, 15) is 18.5 Å². The highest BCUT2D eigenvalue weighted by Gasteiger charge is 2.21. The third-order valence-electron chi connectivity index (χ3n) is 4.11. The Balaban J connectivity index is 1.79. The molecule has 0 bridgehead atoms.